The van der Waals surface area contributed by atoms with Crippen LogP contribution in [0.3, 0.4) is 0 Å². The topological polar surface area (TPSA) is 75.1 Å². The first-order valence-electron chi connectivity index (χ1n) is 6.51. The standard InChI is InChI=1S/C14H16FN3O2/c1-2-3-4-11(14(19)20)18-10-5-6-16-12-7-9(15)8-17-13(10)12/h5-8,11H,2-4H2,1H3,(H,16,18)(H,19,20)/t11-/m0/s1. The maximum atomic E-state index is 13.1. The predicted octanol–water partition coefficient (Wildman–Crippen LogP) is 2.82. The largest absolute Gasteiger partial charge is 0.480 e. The summed E-state index contributed by atoms with van der Waals surface area (Å²) in [6.45, 7) is 2.01. The molecule has 0 radical (unpaired) electrons. The maximum absolute atomic E-state index is 13.1. The summed E-state index contributed by atoms with van der Waals surface area (Å²) in [5.74, 6) is -1.38. The van der Waals surface area contributed by atoms with Gasteiger partial charge in [-0.2, -0.15) is 0 Å². The third kappa shape index (κ3) is 3.20. The quantitative estimate of drug-likeness (QED) is 0.849. The Morgan fingerprint density at radius 2 is 2.30 bits per heavy atom. The number of anilines is 1. The third-order valence-electron chi connectivity index (χ3n) is 3.02. The second-order valence-corrected chi connectivity index (χ2v) is 4.56. The average Bonchev–Trinajstić information content (AvgIpc) is 2.42. The molecule has 6 heteroatoms. The number of unbranched alkanes of at least 4 members (excludes halogenated alkanes) is 1. The molecule has 0 aliphatic heterocycles. The number of carbonyl (C=O) groups is 1. The number of nitrogens with zero attached hydrogens (tertiary/aromatic N) is 2. The van der Waals surface area contributed by atoms with Crippen LogP contribution >= 0.6 is 0 Å². The number of pyridine rings is 2. The molecule has 1 atom stereocenters. The molecule has 0 saturated heterocycles. The summed E-state index contributed by atoms with van der Waals surface area (Å²) in [4.78, 5) is 19.2. The van der Waals surface area contributed by atoms with Gasteiger partial charge in [0.1, 0.15) is 17.4 Å². The first-order chi connectivity index (χ1) is 9.61. The van der Waals surface area contributed by atoms with Crippen molar-refractivity contribution in [2.45, 2.75) is 32.2 Å². The highest BCUT2D eigenvalue weighted by Crippen LogP contribution is 2.21. The number of aromatic nitrogens is 2. The van der Waals surface area contributed by atoms with Gasteiger partial charge in [0, 0.05) is 12.3 Å². The molecule has 0 bridgehead atoms. The fourth-order valence-electron chi connectivity index (χ4n) is 1.98. The normalized spacial score (nSPS) is 12.3. The highest BCUT2D eigenvalue weighted by molar-refractivity contribution is 5.89. The van der Waals surface area contributed by atoms with Crippen LogP contribution in [0.4, 0.5) is 10.1 Å². The fourth-order valence-corrected chi connectivity index (χ4v) is 1.98. The molecule has 106 valence electrons. The minimum Gasteiger partial charge on any atom is -0.480 e. The molecule has 0 amide bonds. The van der Waals surface area contributed by atoms with Crippen LogP contribution in [0, 0.1) is 5.82 Å². The van der Waals surface area contributed by atoms with Crippen molar-refractivity contribution in [3.63, 3.8) is 0 Å². The first-order valence-corrected chi connectivity index (χ1v) is 6.51. The molecule has 2 heterocycles. The fraction of sp³-hybridized carbons (Fsp3) is 0.357. The van der Waals surface area contributed by atoms with Crippen LogP contribution in [-0.2, 0) is 4.79 Å². The molecule has 5 nitrogen and oxygen atoms in total. The SMILES string of the molecule is CCCC[C@H](Nc1ccnc2cc(F)cnc12)C(=O)O. The summed E-state index contributed by atoms with van der Waals surface area (Å²) < 4.78 is 13.1. The van der Waals surface area contributed by atoms with Gasteiger partial charge >= 0.3 is 5.97 Å². The summed E-state index contributed by atoms with van der Waals surface area (Å²) in [6.07, 6.45) is 4.86. The van der Waals surface area contributed by atoms with E-state index in [2.05, 4.69) is 15.3 Å². The van der Waals surface area contributed by atoms with E-state index >= 15 is 0 Å². The number of carboxylic acid groups (broad SMARTS) is 1. The maximum Gasteiger partial charge on any atom is 0.326 e. The number of hydrogen-bond acceptors (Lipinski definition) is 4. The number of aliphatic carboxylic acids is 1. The third-order valence-corrected chi connectivity index (χ3v) is 3.02. The van der Waals surface area contributed by atoms with Crippen LogP contribution in [0.2, 0.25) is 0 Å². The molecule has 0 aliphatic rings. The van der Waals surface area contributed by atoms with Crippen molar-refractivity contribution >= 4 is 22.7 Å². The van der Waals surface area contributed by atoms with Gasteiger partial charge < -0.3 is 10.4 Å². The van der Waals surface area contributed by atoms with Gasteiger partial charge in [-0.25, -0.2) is 14.2 Å². The molecule has 0 saturated carbocycles. The van der Waals surface area contributed by atoms with Crippen molar-refractivity contribution in [1.29, 1.82) is 0 Å². The minimum absolute atomic E-state index is 0.398. The van der Waals surface area contributed by atoms with Gasteiger partial charge in [-0.15, -0.1) is 0 Å². The molecule has 2 N–H and O–H groups in total. The van der Waals surface area contributed by atoms with Crippen molar-refractivity contribution in [2.75, 3.05) is 5.32 Å². The van der Waals surface area contributed by atoms with Gasteiger partial charge in [0.25, 0.3) is 0 Å². The van der Waals surface area contributed by atoms with E-state index in [0.29, 0.717) is 23.1 Å². The van der Waals surface area contributed by atoms with Crippen LogP contribution in [-0.4, -0.2) is 27.1 Å². The monoisotopic (exact) mass is 277 g/mol. The number of rotatable bonds is 6. The van der Waals surface area contributed by atoms with E-state index in [1.54, 1.807) is 6.07 Å². The van der Waals surface area contributed by atoms with Gasteiger partial charge in [-0.1, -0.05) is 19.8 Å². The molecule has 0 unspecified atom stereocenters. The average molecular weight is 277 g/mol. The van der Waals surface area contributed by atoms with E-state index < -0.39 is 17.8 Å². The minimum atomic E-state index is -0.912. The van der Waals surface area contributed by atoms with E-state index in [1.807, 2.05) is 6.92 Å². The summed E-state index contributed by atoms with van der Waals surface area (Å²) >= 11 is 0. The lowest BCUT2D eigenvalue weighted by Crippen LogP contribution is -2.29. The Morgan fingerprint density at radius 3 is 3.00 bits per heavy atom. The lowest BCUT2D eigenvalue weighted by atomic mass is 10.1. The Balaban J connectivity index is 2.29. The molecule has 0 fully saturated rings. The van der Waals surface area contributed by atoms with E-state index in [9.17, 15) is 14.3 Å². The molecule has 2 aromatic rings. The summed E-state index contributed by atoms with van der Waals surface area (Å²) in [7, 11) is 0. The van der Waals surface area contributed by atoms with Gasteiger partial charge in [-0.3, -0.25) is 4.98 Å². The zero-order chi connectivity index (χ0) is 14.5. The number of nitrogens with one attached hydrogen (secondary N) is 1. The molecule has 0 aliphatic carbocycles. The number of fused-ring (bicyclic) bond motifs is 1. The first kappa shape index (κ1) is 14.2. The zero-order valence-electron chi connectivity index (χ0n) is 11.1. The van der Waals surface area contributed by atoms with E-state index in [-0.39, 0.29) is 0 Å². The summed E-state index contributed by atoms with van der Waals surface area (Å²) in [6, 6.07) is 2.23. The molecule has 2 aromatic heterocycles. The Kier molecular flexibility index (Phi) is 4.45. The molecule has 2 rings (SSSR count). The second kappa shape index (κ2) is 6.27. The lowest BCUT2D eigenvalue weighted by molar-refractivity contribution is -0.138. The molecular formula is C14H16FN3O2. The van der Waals surface area contributed by atoms with Crippen LogP contribution in [0.25, 0.3) is 11.0 Å². The van der Waals surface area contributed by atoms with Crippen LogP contribution in [0.5, 0.6) is 0 Å². The molecule has 0 aromatic carbocycles. The highest BCUT2D eigenvalue weighted by Gasteiger charge is 2.17. The molecule has 20 heavy (non-hydrogen) atoms. The smallest absolute Gasteiger partial charge is 0.326 e. The number of carboxylic acids is 1. The number of hydrogen-bond donors (Lipinski definition) is 2. The van der Waals surface area contributed by atoms with Crippen LogP contribution < -0.4 is 5.32 Å². The van der Waals surface area contributed by atoms with Gasteiger partial charge in [-0.05, 0) is 12.5 Å². The van der Waals surface area contributed by atoms with Crippen molar-refractivity contribution in [1.82, 2.24) is 9.97 Å². The van der Waals surface area contributed by atoms with Crippen molar-refractivity contribution in [3.05, 3.63) is 30.3 Å². The van der Waals surface area contributed by atoms with Gasteiger partial charge in [0.15, 0.2) is 0 Å². The molecular weight excluding hydrogens is 261 g/mol. The summed E-state index contributed by atoms with van der Waals surface area (Å²) in [5, 5.41) is 12.2. The second-order valence-electron chi connectivity index (χ2n) is 4.56. The van der Waals surface area contributed by atoms with E-state index in [4.69, 9.17) is 0 Å². The van der Waals surface area contributed by atoms with Crippen molar-refractivity contribution in [2.24, 2.45) is 0 Å². The van der Waals surface area contributed by atoms with Crippen LogP contribution in [0.1, 0.15) is 26.2 Å². The predicted molar refractivity (Wildman–Crippen MR) is 74.1 cm³/mol. The Hall–Kier alpha value is -2.24. The van der Waals surface area contributed by atoms with E-state index in [0.717, 1.165) is 19.0 Å². The Morgan fingerprint density at radius 1 is 1.50 bits per heavy atom. The van der Waals surface area contributed by atoms with Crippen LogP contribution in [0.15, 0.2) is 24.5 Å². The van der Waals surface area contributed by atoms with E-state index in [1.165, 1.54) is 12.3 Å². The zero-order valence-corrected chi connectivity index (χ0v) is 11.1. The Labute approximate surface area is 115 Å². The van der Waals surface area contributed by atoms with Crippen molar-refractivity contribution < 1.29 is 14.3 Å². The lowest BCUT2D eigenvalue weighted by Gasteiger charge is -2.16. The van der Waals surface area contributed by atoms with Crippen molar-refractivity contribution in [3.8, 4) is 0 Å². The highest BCUT2D eigenvalue weighted by atomic mass is 19.1. The van der Waals surface area contributed by atoms with Gasteiger partial charge in [0.2, 0.25) is 0 Å². The molecule has 0 spiro atoms. The Bertz CT molecular complexity index is 618. The summed E-state index contributed by atoms with van der Waals surface area (Å²) in [5.41, 5.74) is 1.42. The number of halogens is 1. The van der Waals surface area contributed by atoms with Gasteiger partial charge in [0.05, 0.1) is 17.4 Å².